The molecule has 0 saturated carbocycles. The zero-order valence-corrected chi connectivity index (χ0v) is 13.8. The van der Waals surface area contributed by atoms with E-state index in [1.165, 1.54) is 12.4 Å². The van der Waals surface area contributed by atoms with Crippen LogP contribution in [-0.2, 0) is 4.74 Å². The lowest BCUT2D eigenvalue weighted by atomic mass is 10.1. The lowest BCUT2D eigenvalue weighted by Gasteiger charge is -2.40. The Bertz CT molecular complexity index is 711. The van der Waals surface area contributed by atoms with Gasteiger partial charge in [-0.2, -0.15) is 0 Å². The summed E-state index contributed by atoms with van der Waals surface area (Å²) in [5, 5.41) is 3.51. The van der Waals surface area contributed by atoms with Crippen LogP contribution in [0.1, 0.15) is 16.9 Å². The largest absolute Gasteiger partial charge is 0.438 e. The summed E-state index contributed by atoms with van der Waals surface area (Å²) in [7, 11) is 0. The fourth-order valence-corrected chi connectivity index (χ4v) is 3.00. The third-order valence-electron chi connectivity index (χ3n) is 4.38. The predicted octanol–water partition coefficient (Wildman–Crippen LogP) is 1.47. The van der Waals surface area contributed by atoms with Crippen LogP contribution in [0.5, 0.6) is 11.6 Å². The summed E-state index contributed by atoms with van der Waals surface area (Å²) in [6.45, 7) is 2.97. The van der Waals surface area contributed by atoms with Gasteiger partial charge in [-0.25, -0.2) is 9.97 Å². The van der Waals surface area contributed by atoms with Crippen LogP contribution < -0.4 is 10.1 Å². The van der Waals surface area contributed by atoms with Crippen LogP contribution in [0.25, 0.3) is 0 Å². The molecule has 0 aliphatic carbocycles. The zero-order valence-electron chi connectivity index (χ0n) is 13.8. The number of amides is 1. The number of likely N-dealkylation sites (tertiary alicyclic amines) is 1. The average Bonchev–Trinajstić information content (AvgIpc) is 3.12. The Morgan fingerprint density at radius 3 is 2.68 bits per heavy atom. The van der Waals surface area contributed by atoms with Crippen molar-refractivity contribution in [3.05, 3.63) is 48.4 Å². The molecule has 25 heavy (non-hydrogen) atoms. The first kappa shape index (κ1) is 16.0. The maximum absolute atomic E-state index is 12.4. The summed E-state index contributed by atoms with van der Waals surface area (Å²) in [6.07, 6.45) is 3.98. The molecule has 7 nitrogen and oxygen atoms in total. The maximum Gasteiger partial charge on any atom is 0.274 e. The van der Waals surface area contributed by atoms with E-state index in [4.69, 9.17) is 9.47 Å². The zero-order chi connectivity index (χ0) is 17.1. The lowest BCUT2D eigenvalue weighted by Crippen LogP contribution is -2.61. The molecule has 1 atom stereocenters. The number of carbonyl (C=O) groups excluding carboxylic acids is 1. The molecule has 4 rings (SSSR count). The smallest absolute Gasteiger partial charge is 0.274 e. The minimum atomic E-state index is -0.0977. The van der Waals surface area contributed by atoms with E-state index in [2.05, 4.69) is 15.3 Å². The Hall–Kier alpha value is -2.51. The summed E-state index contributed by atoms with van der Waals surface area (Å²) in [6, 6.07) is 10.1. The van der Waals surface area contributed by atoms with Crippen LogP contribution in [-0.4, -0.2) is 59.2 Å². The van der Waals surface area contributed by atoms with Gasteiger partial charge in [0.2, 0.25) is 5.88 Å². The quantitative estimate of drug-likeness (QED) is 0.888. The van der Waals surface area contributed by atoms with Gasteiger partial charge in [-0.1, -0.05) is 18.2 Å². The van der Waals surface area contributed by atoms with Crippen molar-refractivity contribution >= 4 is 5.91 Å². The summed E-state index contributed by atoms with van der Waals surface area (Å²) in [4.78, 5) is 22.5. The first-order valence-electron chi connectivity index (χ1n) is 8.46. The van der Waals surface area contributed by atoms with Crippen molar-refractivity contribution in [2.24, 2.45) is 0 Å². The van der Waals surface area contributed by atoms with E-state index in [9.17, 15) is 4.79 Å². The van der Waals surface area contributed by atoms with Gasteiger partial charge in [0, 0.05) is 31.8 Å². The highest BCUT2D eigenvalue weighted by molar-refractivity contribution is 5.92. The number of carbonyl (C=O) groups is 1. The number of nitrogens with one attached hydrogen (secondary N) is 1. The molecule has 2 fully saturated rings. The van der Waals surface area contributed by atoms with E-state index in [0.29, 0.717) is 42.5 Å². The Morgan fingerprint density at radius 1 is 1.16 bits per heavy atom. The Kier molecular flexibility index (Phi) is 4.58. The molecule has 1 aromatic heterocycles. The molecule has 2 saturated heterocycles. The van der Waals surface area contributed by atoms with Gasteiger partial charge in [0.1, 0.15) is 11.4 Å². The number of hydrogen-bond acceptors (Lipinski definition) is 6. The average molecular weight is 340 g/mol. The molecule has 130 valence electrons. The molecular weight excluding hydrogens is 320 g/mol. The summed E-state index contributed by atoms with van der Waals surface area (Å²) in [5.41, 5.74) is 0.336. The van der Waals surface area contributed by atoms with Crippen LogP contribution in [0.15, 0.2) is 42.7 Å². The molecule has 1 aromatic carbocycles. The van der Waals surface area contributed by atoms with E-state index in [0.717, 1.165) is 19.6 Å². The highest BCUT2D eigenvalue weighted by Gasteiger charge is 2.33. The summed E-state index contributed by atoms with van der Waals surface area (Å²) < 4.78 is 10.9. The molecule has 1 amide bonds. The summed E-state index contributed by atoms with van der Waals surface area (Å²) >= 11 is 0. The third kappa shape index (κ3) is 3.78. The van der Waals surface area contributed by atoms with Crippen molar-refractivity contribution in [2.45, 2.75) is 18.5 Å². The minimum absolute atomic E-state index is 0.0977. The van der Waals surface area contributed by atoms with E-state index in [1.807, 2.05) is 30.3 Å². The van der Waals surface area contributed by atoms with Crippen molar-refractivity contribution in [3.8, 4) is 11.6 Å². The molecule has 2 aliphatic heterocycles. The number of benzene rings is 1. The molecule has 1 unspecified atom stereocenters. The van der Waals surface area contributed by atoms with Crippen LogP contribution in [0.4, 0.5) is 0 Å². The Morgan fingerprint density at radius 2 is 2.00 bits per heavy atom. The van der Waals surface area contributed by atoms with Gasteiger partial charge < -0.3 is 19.7 Å². The highest BCUT2D eigenvalue weighted by atomic mass is 16.5. The van der Waals surface area contributed by atoms with Gasteiger partial charge in [-0.3, -0.25) is 4.79 Å². The molecular formula is C18H20N4O3. The van der Waals surface area contributed by atoms with Crippen molar-refractivity contribution in [1.82, 2.24) is 20.2 Å². The second-order valence-electron chi connectivity index (χ2n) is 6.29. The molecule has 0 radical (unpaired) electrons. The lowest BCUT2D eigenvalue weighted by molar-refractivity contribution is 0.0542. The van der Waals surface area contributed by atoms with E-state index in [1.54, 1.807) is 4.90 Å². The molecule has 7 heteroatoms. The second-order valence-corrected chi connectivity index (χ2v) is 6.29. The molecule has 2 aromatic rings. The van der Waals surface area contributed by atoms with Gasteiger partial charge >= 0.3 is 0 Å². The normalized spacial score (nSPS) is 20.3. The van der Waals surface area contributed by atoms with Crippen molar-refractivity contribution < 1.29 is 14.3 Å². The second kappa shape index (κ2) is 7.16. The number of aromatic nitrogens is 2. The van der Waals surface area contributed by atoms with Gasteiger partial charge in [-0.15, -0.1) is 0 Å². The van der Waals surface area contributed by atoms with E-state index >= 15 is 0 Å². The van der Waals surface area contributed by atoms with Crippen molar-refractivity contribution in [2.75, 3.05) is 26.3 Å². The monoisotopic (exact) mass is 340 g/mol. The number of para-hydroxylation sites is 1. The standard InChI is InChI=1S/C18H20N4O3/c23-18(22-10-14(11-22)21-13-6-7-24-12-13)16-8-20-17(9-19-16)25-15-4-2-1-3-5-15/h1-5,8-9,13-14,21H,6-7,10-12H2. The van der Waals surface area contributed by atoms with Gasteiger partial charge in [0.15, 0.2) is 0 Å². The third-order valence-corrected chi connectivity index (χ3v) is 4.38. The van der Waals surface area contributed by atoms with Crippen molar-refractivity contribution in [3.63, 3.8) is 0 Å². The Labute approximate surface area is 146 Å². The fraction of sp³-hybridized carbons (Fsp3) is 0.389. The molecule has 0 bridgehead atoms. The molecule has 3 heterocycles. The van der Waals surface area contributed by atoms with Crippen LogP contribution >= 0.6 is 0 Å². The predicted molar refractivity (Wildman–Crippen MR) is 90.6 cm³/mol. The number of ether oxygens (including phenoxy) is 2. The maximum atomic E-state index is 12.4. The fourth-order valence-electron chi connectivity index (χ4n) is 3.00. The van der Waals surface area contributed by atoms with E-state index < -0.39 is 0 Å². The molecule has 1 N–H and O–H groups in total. The van der Waals surface area contributed by atoms with Gasteiger partial charge in [0.25, 0.3) is 5.91 Å². The number of nitrogens with zero attached hydrogens (tertiary/aromatic N) is 3. The molecule has 2 aliphatic rings. The van der Waals surface area contributed by atoms with Crippen molar-refractivity contribution in [1.29, 1.82) is 0 Å². The number of hydrogen-bond donors (Lipinski definition) is 1. The van der Waals surface area contributed by atoms with Crippen LogP contribution in [0.2, 0.25) is 0 Å². The topological polar surface area (TPSA) is 76.6 Å². The first-order chi connectivity index (χ1) is 12.3. The Balaban J connectivity index is 1.29. The minimum Gasteiger partial charge on any atom is -0.438 e. The van der Waals surface area contributed by atoms with Gasteiger partial charge in [-0.05, 0) is 18.6 Å². The van der Waals surface area contributed by atoms with Crippen LogP contribution in [0.3, 0.4) is 0 Å². The van der Waals surface area contributed by atoms with E-state index in [-0.39, 0.29) is 5.91 Å². The molecule has 0 spiro atoms. The van der Waals surface area contributed by atoms with Crippen LogP contribution in [0, 0.1) is 0 Å². The first-order valence-corrected chi connectivity index (χ1v) is 8.46. The highest BCUT2D eigenvalue weighted by Crippen LogP contribution is 2.19. The SMILES string of the molecule is O=C(c1cnc(Oc2ccccc2)cn1)N1CC(NC2CCOC2)C1. The number of rotatable bonds is 5. The summed E-state index contributed by atoms with van der Waals surface area (Å²) in [5.74, 6) is 0.954. The van der Waals surface area contributed by atoms with Gasteiger partial charge in [0.05, 0.1) is 19.0 Å².